The van der Waals surface area contributed by atoms with Crippen molar-refractivity contribution in [2.45, 2.75) is 6.42 Å². The first kappa shape index (κ1) is 20.1. The second-order valence-electron chi connectivity index (χ2n) is 6.24. The van der Waals surface area contributed by atoms with Gasteiger partial charge in [0.2, 0.25) is 5.91 Å². The Morgan fingerprint density at radius 3 is 2.62 bits per heavy atom. The third-order valence-electron chi connectivity index (χ3n) is 4.38. The summed E-state index contributed by atoms with van der Waals surface area (Å²) in [5, 5.41) is 13.1. The minimum atomic E-state index is -0.345. The van der Waals surface area contributed by atoms with E-state index >= 15 is 0 Å². The first-order valence-corrected chi connectivity index (χ1v) is 9.01. The standard InChI is InChI=1S/C21H21FN4O3/c1-23-18(27)11-12-24-21(28)15-8-10-17-19(20(15)29-2)16(25-26-17)9-5-13-3-6-14(22)7-4-13/h3-10H,11-12H2,1-2H3,(H,23,27)(H,24,28)(H,25,26)/b9-5+. The van der Waals surface area contributed by atoms with Gasteiger partial charge in [-0.3, -0.25) is 14.7 Å². The summed E-state index contributed by atoms with van der Waals surface area (Å²) in [6.07, 6.45) is 3.78. The molecule has 29 heavy (non-hydrogen) atoms. The number of nitrogens with zero attached hydrogens (tertiary/aromatic N) is 1. The van der Waals surface area contributed by atoms with Crippen molar-refractivity contribution in [2.75, 3.05) is 20.7 Å². The molecule has 3 rings (SSSR count). The van der Waals surface area contributed by atoms with E-state index in [1.165, 1.54) is 19.2 Å². The molecule has 0 aliphatic rings. The molecule has 0 unspecified atom stereocenters. The number of hydrogen-bond acceptors (Lipinski definition) is 4. The molecule has 0 spiro atoms. The van der Waals surface area contributed by atoms with Crippen LogP contribution in [0.2, 0.25) is 0 Å². The Hall–Kier alpha value is -3.68. The molecule has 8 heteroatoms. The predicted octanol–water partition coefficient (Wildman–Crippen LogP) is 2.75. The Balaban J connectivity index is 1.89. The summed E-state index contributed by atoms with van der Waals surface area (Å²) in [5.41, 5.74) is 2.45. The summed E-state index contributed by atoms with van der Waals surface area (Å²) in [4.78, 5) is 23.9. The Bertz CT molecular complexity index is 1060. The molecule has 1 heterocycles. The van der Waals surface area contributed by atoms with Crippen LogP contribution in [-0.2, 0) is 4.79 Å². The monoisotopic (exact) mass is 396 g/mol. The van der Waals surface area contributed by atoms with Gasteiger partial charge in [0, 0.05) is 20.0 Å². The summed E-state index contributed by atoms with van der Waals surface area (Å²) in [7, 11) is 3.03. The van der Waals surface area contributed by atoms with Crippen LogP contribution in [0, 0.1) is 5.82 Å². The van der Waals surface area contributed by atoms with Crippen molar-refractivity contribution in [3.63, 3.8) is 0 Å². The first-order chi connectivity index (χ1) is 14.0. The lowest BCUT2D eigenvalue weighted by molar-refractivity contribution is -0.120. The van der Waals surface area contributed by atoms with E-state index < -0.39 is 0 Å². The van der Waals surface area contributed by atoms with Gasteiger partial charge in [0.1, 0.15) is 11.6 Å². The minimum absolute atomic E-state index is 0.157. The number of aromatic nitrogens is 2. The van der Waals surface area contributed by atoms with Crippen molar-refractivity contribution in [1.82, 2.24) is 20.8 Å². The molecule has 0 radical (unpaired) electrons. The lowest BCUT2D eigenvalue weighted by Gasteiger charge is -2.10. The van der Waals surface area contributed by atoms with Gasteiger partial charge in [-0.2, -0.15) is 5.10 Å². The number of nitrogens with one attached hydrogen (secondary N) is 3. The topological polar surface area (TPSA) is 96.1 Å². The third kappa shape index (κ3) is 4.60. The fraction of sp³-hybridized carbons (Fsp3) is 0.190. The summed E-state index contributed by atoms with van der Waals surface area (Å²) < 4.78 is 18.6. The number of aromatic amines is 1. The number of carbonyl (C=O) groups excluding carboxylic acids is 2. The first-order valence-electron chi connectivity index (χ1n) is 9.01. The molecule has 1 aromatic heterocycles. The van der Waals surface area contributed by atoms with Gasteiger partial charge >= 0.3 is 0 Å². The normalized spacial score (nSPS) is 11.0. The highest BCUT2D eigenvalue weighted by atomic mass is 19.1. The van der Waals surface area contributed by atoms with E-state index in [0.29, 0.717) is 27.9 Å². The highest BCUT2D eigenvalue weighted by Crippen LogP contribution is 2.32. The lowest BCUT2D eigenvalue weighted by Crippen LogP contribution is -2.29. The molecule has 0 aliphatic heterocycles. The van der Waals surface area contributed by atoms with Crippen molar-refractivity contribution in [2.24, 2.45) is 0 Å². The van der Waals surface area contributed by atoms with E-state index in [0.717, 1.165) is 5.56 Å². The molecule has 2 amide bonds. The average Bonchev–Trinajstić information content (AvgIpc) is 3.15. The molecule has 0 atom stereocenters. The molecule has 0 saturated heterocycles. The van der Waals surface area contributed by atoms with Gasteiger partial charge in [0.25, 0.3) is 5.91 Å². The van der Waals surface area contributed by atoms with Gasteiger partial charge < -0.3 is 15.4 Å². The number of benzene rings is 2. The highest BCUT2D eigenvalue weighted by Gasteiger charge is 2.18. The van der Waals surface area contributed by atoms with Gasteiger partial charge in [-0.05, 0) is 35.9 Å². The van der Waals surface area contributed by atoms with Crippen LogP contribution in [0.1, 0.15) is 28.0 Å². The largest absolute Gasteiger partial charge is 0.495 e. The van der Waals surface area contributed by atoms with Crippen LogP contribution in [0.3, 0.4) is 0 Å². The van der Waals surface area contributed by atoms with Crippen molar-refractivity contribution >= 4 is 34.9 Å². The number of amides is 2. The summed E-state index contributed by atoms with van der Waals surface area (Å²) in [5.74, 6) is -0.423. The fourth-order valence-corrected chi connectivity index (χ4v) is 2.88. The number of carbonyl (C=O) groups is 2. The third-order valence-corrected chi connectivity index (χ3v) is 4.38. The molecular formula is C21H21FN4O3. The van der Waals surface area contributed by atoms with Crippen molar-refractivity contribution < 1.29 is 18.7 Å². The van der Waals surface area contributed by atoms with Crippen LogP contribution in [0.25, 0.3) is 23.1 Å². The van der Waals surface area contributed by atoms with Gasteiger partial charge in [0.05, 0.1) is 29.3 Å². The maximum absolute atomic E-state index is 13.1. The van der Waals surface area contributed by atoms with Crippen LogP contribution < -0.4 is 15.4 Å². The van der Waals surface area contributed by atoms with Gasteiger partial charge in [-0.1, -0.05) is 18.2 Å². The van der Waals surface area contributed by atoms with E-state index in [1.54, 1.807) is 37.4 Å². The summed E-state index contributed by atoms with van der Waals surface area (Å²) in [6.45, 7) is 0.211. The lowest BCUT2D eigenvalue weighted by atomic mass is 10.1. The number of rotatable bonds is 7. The quantitative estimate of drug-likeness (QED) is 0.572. The fourth-order valence-electron chi connectivity index (χ4n) is 2.88. The van der Waals surface area contributed by atoms with E-state index in [9.17, 15) is 14.0 Å². The molecule has 0 saturated carbocycles. The molecule has 0 aliphatic carbocycles. The van der Waals surface area contributed by atoms with Crippen molar-refractivity contribution in [3.8, 4) is 5.75 Å². The zero-order chi connectivity index (χ0) is 20.8. The van der Waals surface area contributed by atoms with Gasteiger partial charge in [-0.25, -0.2) is 4.39 Å². The van der Waals surface area contributed by atoms with E-state index in [1.807, 2.05) is 6.08 Å². The highest BCUT2D eigenvalue weighted by molar-refractivity contribution is 6.05. The second-order valence-corrected chi connectivity index (χ2v) is 6.24. The van der Waals surface area contributed by atoms with Crippen LogP contribution in [0.4, 0.5) is 4.39 Å². The minimum Gasteiger partial charge on any atom is -0.495 e. The zero-order valence-electron chi connectivity index (χ0n) is 16.1. The van der Waals surface area contributed by atoms with Crippen LogP contribution in [0.15, 0.2) is 36.4 Å². The van der Waals surface area contributed by atoms with Crippen molar-refractivity contribution in [3.05, 3.63) is 59.0 Å². The second kappa shape index (κ2) is 9.01. The van der Waals surface area contributed by atoms with Crippen LogP contribution >= 0.6 is 0 Å². The maximum Gasteiger partial charge on any atom is 0.255 e. The van der Waals surface area contributed by atoms with Crippen LogP contribution in [-0.4, -0.2) is 42.7 Å². The number of halogens is 1. The van der Waals surface area contributed by atoms with Gasteiger partial charge in [-0.15, -0.1) is 0 Å². The SMILES string of the molecule is CNC(=O)CCNC(=O)c1ccc2n[nH]c(/C=C/c3ccc(F)cc3)c2c1OC. The molecule has 3 N–H and O–H groups in total. The summed E-state index contributed by atoms with van der Waals surface area (Å²) in [6, 6.07) is 9.43. The average molecular weight is 396 g/mol. The van der Waals surface area contributed by atoms with Crippen LogP contribution in [0.5, 0.6) is 5.75 Å². The number of H-pyrrole nitrogens is 1. The molecular weight excluding hydrogens is 375 g/mol. The number of fused-ring (bicyclic) bond motifs is 1. The molecule has 2 aromatic carbocycles. The number of ether oxygens (including phenoxy) is 1. The zero-order valence-corrected chi connectivity index (χ0v) is 16.1. The smallest absolute Gasteiger partial charge is 0.255 e. The molecule has 0 bridgehead atoms. The van der Waals surface area contributed by atoms with Gasteiger partial charge in [0.15, 0.2) is 0 Å². The Labute approximate surface area is 166 Å². The van der Waals surface area contributed by atoms with E-state index in [-0.39, 0.29) is 30.6 Å². The van der Waals surface area contributed by atoms with E-state index in [2.05, 4.69) is 20.8 Å². The van der Waals surface area contributed by atoms with E-state index in [4.69, 9.17) is 4.74 Å². The molecule has 150 valence electrons. The maximum atomic E-state index is 13.1. The Morgan fingerprint density at radius 2 is 1.93 bits per heavy atom. The van der Waals surface area contributed by atoms with Crippen molar-refractivity contribution in [1.29, 1.82) is 0 Å². The molecule has 0 fully saturated rings. The number of hydrogen-bond donors (Lipinski definition) is 3. The molecule has 7 nitrogen and oxygen atoms in total. The number of methoxy groups -OCH3 is 1. The molecule has 3 aromatic rings. The predicted molar refractivity (Wildman–Crippen MR) is 109 cm³/mol. The Morgan fingerprint density at radius 1 is 1.17 bits per heavy atom. The Kier molecular flexibility index (Phi) is 6.23. The summed E-state index contributed by atoms with van der Waals surface area (Å²) >= 11 is 0.